The van der Waals surface area contributed by atoms with Crippen LogP contribution in [0.5, 0.6) is 0 Å². The number of nitrogens with one attached hydrogen (secondary N) is 1. The molecule has 3 N–H and O–H groups in total. The van der Waals surface area contributed by atoms with Crippen LogP contribution in [0.25, 0.3) is 0 Å². The molecule has 0 bridgehead atoms. The minimum atomic E-state index is -0.348. The molecule has 1 heterocycles. The van der Waals surface area contributed by atoms with Crippen LogP contribution in [0.15, 0.2) is 35.2 Å². The van der Waals surface area contributed by atoms with Gasteiger partial charge in [0.25, 0.3) is 5.91 Å². The molecule has 1 aromatic carbocycles. The van der Waals surface area contributed by atoms with Crippen molar-refractivity contribution in [1.29, 1.82) is 0 Å². The number of nitrogens with zero attached hydrogens (tertiary/aromatic N) is 2. The first-order valence-corrected chi connectivity index (χ1v) is 6.00. The van der Waals surface area contributed by atoms with Crippen molar-refractivity contribution in [3.8, 4) is 0 Å². The predicted octanol–water partition coefficient (Wildman–Crippen LogP) is 2.38. The van der Waals surface area contributed by atoms with Gasteiger partial charge in [0.1, 0.15) is 5.69 Å². The van der Waals surface area contributed by atoms with Gasteiger partial charge in [-0.3, -0.25) is 9.78 Å². The predicted molar refractivity (Wildman–Crippen MR) is 73.3 cm³/mol. The van der Waals surface area contributed by atoms with Crippen LogP contribution in [0, 0.1) is 6.92 Å². The molecule has 0 aliphatic heterocycles. The summed E-state index contributed by atoms with van der Waals surface area (Å²) in [7, 11) is 0. The van der Waals surface area contributed by atoms with Crippen molar-refractivity contribution in [3.63, 3.8) is 0 Å². The van der Waals surface area contributed by atoms with Crippen LogP contribution in [0.2, 0.25) is 0 Å². The summed E-state index contributed by atoms with van der Waals surface area (Å²) in [6, 6.07) is 3.67. The Hall–Kier alpha value is -1.95. The largest absolute Gasteiger partial charge is 0.397 e. The Morgan fingerprint density at radius 1 is 1.39 bits per heavy atom. The molecule has 0 saturated carbocycles. The molecule has 2 aromatic rings. The normalized spacial score (nSPS) is 10.1. The SMILES string of the molecule is Cc1cc(N)c(NC(=O)c2cnccn2)c(Br)c1. The molecule has 0 aliphatic rings. The van der Waals surface area contributed by atoms with Crippen molar-refractivity contribution in [3.05, 3.63) is 46.5 Å². The van der Waals surface area contributed by atoms with Gasteiger partial charge in [0, 0.05) is 16.9 Å². The molecule has 0 radical (unpaired) electrons. The summed E-state index contributed by atoms with van der Waals surface area (Å²) in [5.74, 6) is -0.348. The van der Waals surface area contributed by atoms with E-state index >= 15 is 0 Å². The highest BCUT2D eigenvalue weighted by molar-refractivity contribution is 9.10. The third-order valence-corrected chi connectivity index (χ3v) is 2.92. The maximum absolute atomic E-state index is 11.9. The zero-order valence-electron chi connectivity index (χ0n) is 9.64. The van der Waals surface area contributed by atoms with E-state index in [0.717, 1.165) is 10.0 Å². The van der Waals surface area contributed by atoms with Crippen LogP contribution in [0.3, 0.4) is 0 Å². The van der Waals surface area contributed by atoms with Crippen molar-refractivity contribution in [2.45, 2.75) is 6.92 Å². The number of halogens is 1. The number of anilines is 2. The smallest absolute Gasteiger partial charge is 0.275 e. The Kier molecular flexibility index (Phi) is 3.57. The number of aromatic nitrogens is 2. The molecule has 0 spiro atoms. The number of nitrogens with two attached hydrogens (primary N) is 1. The number of carbonyl (C=O) groups excluding carboxylic acids is 1. The van der Waals surface area contributed by atoms with Crippen molar-refractivity contribution in [2.24, 2.45) is 0 Å². The molecule has 92 valence electrons. The van der Waals surface area contributed by atoms with Crippen LogP contribution in [-0.4, -0.2) is 15.9 Å². The summed E-state index contributed by atoms with van der Waals surface area (Å²) >= 11 is 3.37. The molecule has 2 rings (SSSR count). The summed E-state index contributed by atoms with van der Waals surface area (Å²) in [4.78, 5) is 19.7. The number of nitrogen functional groups attached to an aromatic ring is 1. The summed E-state index contributed by atoms with van der Waals surface area (Å²) in [6.45, 7) is 1.93. The summed E-state index contributed by atoms with van der Waals surface area (Å²) < 4.78 is 0.734. The Balaban J connectivity index is 2.28. The Morgan fingerprint density at radius 2 is 2.17 bits per heavy atom. The minimum Gasteiger partial charge on any atom is -0.397 e. The fraction of sp³-hybridized carbons (Fsp3) is 0.0833. The number of hydrogen-bond donors (Lipinski definition) is 2. The highest BCUT2D eigenvalue weighted by Gasteiger charge is 2.12. The van der Waals surface area contributed by atoms with Crippen molar-refractivity contribution in [1.82, 2.24) is 9.97 Å². The number of aryl methyl sites for hydroxylation is 1. The lowest BCUT2D eigenvalue weighted by Gasteiger charge is -2.10. The number of benzene rings is 1. The number of carbonyl (C=O) groups is 1. The van der Waals surface area contributed by atoms with Gasteiger partial charge in [-0.15, -0.1) is 0 Å². The summed E-state index contributed by atoms with van der Waals surface area (Å²) in [5, 5.41) is 2.71. The molecule has 1 aromatic heterocycles. The molecule has 0 saturated heterocycles. The topological polar surface area (TPSA) is 80.9 Å². The lowest BCUT2D eigenvalue weighted by atomic mass is 10.2. The van der Waals surface area contributed by atoms with E-state index in [2.05, 4.69) is 31.2 Å². The van der Waals surface area contributed by atoms with Gasteiger partial charge in [0.05, 0.1) is 17.6 Å². The van der Waals surface area contributed by atoms with Crippen molar-refractivity contribution >= 4 is 33.2 Å². The third kappa shape index (κ3) is 2.65. The maximum atomic E-state index is 11.9. The Bertz CT molecular complexity index is 563. The van der Waals surface area contributed by atoms with Crippen LogP contribution < -0.4 is 11.1 Å². The molecule has 0 aliphatic carbocycles. The number of hydrogen-bond acceptors (Lipinski definition) is 4. The zero-order chi connectivity index (χ0) is 13.1. The van der Waals surface area contributed by atoms with Crippen LogP contribution >= 0.6 is 15.9 Å². The van der Waals surface area contributed by atoms with E-state index < -0.39 is 0 Å². The van der Waals surface area contributed by atoms with Gasteiger partial charge in [0.15, 0.2) is 0 Å². The van der Waals surface area contributed by atoms with E-state index in [0.29, 0.717) is 11.4 Å². The van der Waals surface area contributed by atoms with E-state index in [1.54, 1.807) is 6.07 Å². The van der Waals surface area contributed by atoms with Crippen molar-refractivity contribution < 1.29 is 4.79 Å². The lowest BCUT2D eigenvalue weighted by Crippen LogP contribution is -2.15. The van der Waals surface area contributed by atoms with Crippen LogP contribution in [-0.2, 0) is 0 Å². The molecule has 0 atom stereocenters. The van der Waals surface area contributed by atoms with Gasteiger partial charge in [-0.25, -0.2) is 4.98 Å². The first kappa shape index (κ1) is 12.5. The van der Waals surface area contributed by atoms with Gasteiger partial charge in [0.2, 0.25) is 0 Å². The van der Waals surface area contributed by atoms with E-state index in [1.165, 1.54) is 18.6 Å². The average molecular weight is 307 g/mol. The van der Waals surface area contributed by atoms with Gasteiger partial charge in [-0.05, 0) is 40.5 Å². The summed E-state index contributed by atoms with van der Waals surface area (Å²) in [6.07, 6.45) is 4.36. The molecule has 0 fully saturated rings. The highest BCUT2D eigenvalue weighted by atomic mass is 79.9. The molecule has 5 nitrogen and oxygen atoms in total. The van der Waals surface area contributed by atoms with E-state index in [9.17, 15) is 4.79 Å². The first-order valence-electron chi connectivity index (χ1n) is 5.21. The van der Waals surface area contributed by atoms with E-state index in [4.69, 9.17) is 5.73 Å². The fourth-order valence-corrected chi connectivity index (χ4v) is 2.18. The standard InChI is InChI=1S/C12H11BrN4O/c1-7-4-8(13)11(9(14)5-7)17-12(18)10-6-15-2-3-16-10/h2-6H,14H2,1H3,(H,17,18). The van der Waals surface area contributed by atoms with Crippen LogP contribution in [0.1, 0.15) is 16.1 Å². The van der Waals surface area contributed by atoms with Crippen molar-refractivity contribution in [2.75, 3.05) is 11.1 Å². The van der Waals surface area contributed by atoms with Gasteiger partial charge in [-0.1, -0.05) is 0 Å². The highest BCUT2D eigenvalue weighted by Crippen LogP contribution is 2.30. The zero-order valence-corrected chi connectivity index (χ0v) is 11.2. The van der Waals surface area contributed by atoms with E-state index in [-0.39, 0.29) is 11.6 Å². The fourth-order valence-electron chi connectivity index (χ4n) is 1.49. The molecule has 0 unspecified atom stereocenters. The molecule has 18 heavy (non-hydrogen) atoms. The lowest BCUT2D eigenvalue weighted by molar-refractivity contribution is 0.102. The molecule has 1 amide bonds. The third-order valence-electron chi connectivity index (χ3n) is 2.30. The number of amides is 1. The Morgan fingerprint density at radius 3 is 2.78 bits per heavy atom. The molecule has 6 heteroatoms. The van der Waals surface area contributed by atoms with Gasteiger partial charge in [-0.2, -0.15) is 0 Å². The Labute approximate surface area is 113 Å². The van der Waals surface area contributed by atoms with Gasteiger partial charge < -0.3 is 11.1 Å². The quantitative estimate of drug-likeness (QED) is 0.835. The second kappa shape index (κ2) is 5.14. The second-order valence-corrected chi connectivity index (χ2v) is 4.61. The second-order valence-electron chi connectivity index (χ2n) is 3.76. The average Bonchev–Trinajstić information content (AvgIpc) is 2.34. The van der Waals surface area contributed by atoms with Gasteiger partial charge >= 0.3 is 0 Å². The summed E-state index contributed by atoms with van der Waals surface area (Å²) in [5.41, 5.74) is 8.16. The maximum Gasteiger partial charge on any atom is 0.275 e. The minimum absolute atomic E-state index is 0.240. The molecular weight excluding hydrogens is 296 g/mol. The monoisotopic (exact) mass is 306 g/mol. The van der Waals surface area contributed by atoms with Crippen LogP contribution in [0.4, 0.5) is 11.4 Å². The first-order chi connectivity index (χ1) is 8.58. The van der Waals surface area contributed by atoms with E-state index in [1.807, 2.05) is 13.0 Å². The number of rotatable bonds is 2. The molecular formula is C12H11BrN4O.